The van der Waals surface area contributed by atoms with E-state index in [-0.39, 0.29) is 4.75 Å². The smallest absolute Gasteiger partial charge is 0.222 e. The second-order valence-corrected chi connectivity index (χ2v) is 9.47. The molecule has 0 N–H and O–H groups in total. The number of hydrogen-bond acceptors (Lipinski definition) is 2. The van der Waals surface area contributed by atoms with E-state index >= 15 is 0 Å². The number of nitrogens with zero attached hydrogens (tertiary/aromatic N) is 1. The summed E-state index contributed by atoms with van der Waals surface area (Å²) < 4.78 is 11.7. The summed E-state index contributed by atoms with van der Waals surface area (Å²) in [4.78, 5) is 14.4. The van der Waals surface area contributed by atoms with Gasteiger partial charge in [0.2, 0.25) is 5.91 Å². The Balaban J connectivity index is 1.57. The SMILES string of the molecule is CC1(C)CN(C(=O)CC2CC3CCC2C3)CCS1=O. The average Bonchev–Trinajstić information content (AvgIpc) is 2.94. The van der Waals surface area contributed by atoms with Gasteiger partial charge in [-0.1, -0.05) is 6.42 Å². The minimum absolute atomic E-state index is 0.234. The van der Waals surface area contributed by atoms with Gasteiger partial charge in [-0.15, -0.1) is 0 Å². The van der Waals surface area contributed by atoms with Gasteiger partial charge in [0, 0.05) is 36.1 Å². The van der Waals surface area contributed by atoms with Gasteiger partial charge < -0.3 is 4.90 Å². The summed E-state index contributed by atoms with van der Waals surface area (Å²) in [7, 11) is -0.787. The van der Waals surface area contributed by atoms with Crippen LogP contribution in [-0.4, -0.2) is 38.6 Å². The maximum absolute atomic E-state index is 12.5. The van der Waals surface area contributed by atoms with Crippen LogP contribution in [0.25, 0.3) is 0 Å². The largest absolute Gasteiger partial charge is 0.340 e. The molecule has 3 nitrogen and oxygen atoms in total. The first-order valence-electron chi connectivity index (χ1n) is 7.62. The van der Waals surface area contributed by atoms with Crippen molar-refractivity contribution in [1.29, 1.82) is 0 Å². The minimum atomic E-state index is -0.787. The summed E-state index contributed by atoms with van der Waals surface area (Å²) in [6.07, 6.45) is 6.13. The van der Waals surface area contributed by atoms with Crippen molar-refractivity contribution in [2.75, 3.05) is 18.8 Å². The summed E-state index contributed by atoms with van der Waals surface area (Å²) in [6.45, 7) is 5.38. The molecule has 2 bridgehead atoms. The van der Waals surface area contributed by atoms with Crippen LogP contribution in [0.4, 0.5) is 0 Å². The Labute approximate surface area is 118 Å². The molecule has 108 valence electrons. The van der Waals surface area contributed by atoms with Gasteiger partial charge in [-0.25, -0.2) is 0 Å². The Bertz CT molecular complexity index is 407. The lowest BCUT2D eigenvalue weighted by molar-refractivity contribution is -0.132. The zero-order valence-electron chi connectivity index (χ0n) is 12.1. The van der Waals surface area contributed by atoms with E-state index in [2.05, 4.69) is 0 Å². The molecule has 0 spiro atoms. The molecule has 4 heteroatoms. The predicted molar refractivity (Wildman–Crippen MR) is 77.2 cm³/mol. The Morgan fingerprint density at radius 3 is 2.68 bits per heavy atom. The molecule has 3 fully saturated rings. The van der Waals surface area contributed by atoms with E-state index in [1.54, 1.807) is 0 Å². The van der Waals surface area contributed by atoms with E-state index in [4.69, 9.17) is 0 Å². The summed E-state index contributed by atoms with van der Waals surface area (Å²) in [5.74, 6) is 3.33. The van der Waals surface area contributed by atoms with Gasteiger partial charge in [-0.05, 0) is 50.9 Å². The van der Waals surface area contributed by atoms with Crippen LogP contribution in [0.3, 0.4) is 0 Å². The monoisotopic (exact) mass is 283 g/mol. The molecule has 0 aromatic rings. The van der Waals surface area contributed by atoms with Crippen molar-refractivity contribution in [3.05, 3.63) is 0 Å². The van der Waals surface area contributed by atoms with Crippen LogP contribution >= 0.6 is 0 Å². The lowest BCUT2D eigenvalue weighted by atomic mass is 9.86. The highest BCUT2D eigenvalue weighted by atomic mass is 32.2. The lowest BCUT2D eigenvalue weighted by Crippen LogP contribution is -2.52. The van der Waals surface area contributed by atoms with Crippen molar-refractivity contribution in [3.63, 3.8) is 0 Å². The molecule has 4 atom stereocenters. The molecule has 1 aliphatic heterocycles. The van der Waals surface area contributed by atoms with Gasteiger partial charge in [0.05, 0.1) is 4.75 Å². The van der Waals surface area contributed by atoms with Crippen LogP contribution in [0.15, 0.2) is 0 Å². The zero-order valence-corrected chi connectivity index (χ0v) is 12.9. The van der Waals surface area contributed by atoms with Crippen LogP contribution in [0.1, 0.15) is 46.0 Å². The first kappa shape index (κ1) is 13.6. The number of carbonyl (C=O) groups is 1. The summed E-state index contributed by atoms with van der Waals surface area (Å²) in [5.41, 5.74) is 0. The molecule has 1 saturated heterocycles. The molecule has 1 heterocycles. The molecule has 2 aliphatic carbocycles. The first-order chi connectivity index (χ1) is 8.95. The summed E-state index contributed by atoms with van der Waals surface area (Å²) >= 11 is 0. The van der Waals surface area contributed by atoms with Gasteiger partial charge in [0.1, 0.15) is 0 Å². The number of carbonyl (C=O) groups excluding carboxylic acids is 1. The van der Waals surface area contributed by atoms with Gasteiger partial charge in [0.25, 0.3) is 0 Å². The van der Waals surface area contributed by atoms with Gasteiger partial charge in [0.15, 0.2) is 0 Å². The zero-order chi connectivity index (χ0) is 13.6. The van der Waals surface area contributed by atoms with Crippen molar-refractivity contribution >= 4 is 16.7 Å². The molecule has 0 aromatic heterocycles. The maximum Gasteiger partial charge on any atom is 0.222 e. The molecule has 3 aliphatic rings. The molecular formula is C15H25NO2S. The van der Waals surface area contributed by atoms with Crippen molar-refractivity contribution < 1.29 is 9.00 Å². The standard InChI is InChI=1S/C15H25NO2S/c1-15(2)10-16(5-6-19(15)18)14(17)9-13-8-11-3-4-12(13)7-11/h11-13H,3-10H2,1-2H3. The quantitative estimate of drug-likeness (QED) is 0.779. The molecule has 3 rings (SSSR count). The second kappa shape index (κ2) is 4.87. The summed E-state index contributed by atoms with van der Waals surface area (Å²) in [6, 6.07) is 0. The van der Waals surface area contributed by atoms with E-state index in [1.165, 1.54) is 25.7 Å². The van der Waals surface area contributed by atoms with Crippen molar-refractivity contribution in [3.8, 4) is 0 Å². The van der Waals surface area contributed by atoms with Crippen LogP contribution in [0.2, 0.25) is 0 Å². The highest BCUT2D eigenvalue weighted by Gasteiger charge is 2.42. The van der Waals surface area contributed by atoms with E-state index < -0.39 is 10.8 Å². The first-order valence-corrected chi connectivity index (χ1v) is 8.94. The van der Waals surface area contributed by atoms with Gasteiger partial charge in [-0.3, -0.25) is 9.00 Å². The third kappa shape index (κ3) is 2.61. The third-order valence-electron chi connectivity index (χ3n) is 5.41. The fourth-order valence-corrected chi connectivity index (χ4v) is 5.51. The summed E-state index contributed by atoms with van der Waals surface area (Å²) in [5, 5.41) is 0. The lowest BCUT2D eigenvalue weighted by Gasteiger charge is -2.38. The van der Waals surface area contributed by atoms with Crippen LogP contribution in [0.5, 0.6) is 0 Å². The fourth-order valence-electron chi connectivity index (χ4n) is 4.27. The number of hydrogen-bond donors (Lipinski definition) is 0. The molecule has 19 heavy (non-hydrogen) atoms. The van der Waals surface area contributed by atoms with E-state index in [9.17, 15) is 9.00 Å². The fraction of sp³-hybridized carbons (Fsp3) is 0.933. The average molecular weight is 283 g/mol. The van der Waals surface area contributed by atoms with E-state index in [0.717, 1.165) is 18.3 Å². The van der Waals surface area contributed by atoms with Crippen LogP contribution < -0.4 is 0 Å². The van der Waals surface area contributed by atoms with Gasteiger partial charge in [-0.2, -0.15) is 0 Å². The Hall–Kier alpha value is -0.380. The highest BCUT2D eigenvalue weighted by molar-refractivity contribution is 7.86. The Morgan fingerprint density at radius 1 is 1.32 bits per heavy atom. The minimum Gasteiger partial charge on any atom is -0.340 e. The van der Waals surface area contributed by atoms with Crippen molar-refractivity contribution in [2.45, 2.75) is 50.7 Å². The number of amides is 1. The Kier molecular flexibility index (Phi) is 3.48. The highest BCUT2D eigenvalue weighted by Crippen LogP contribution is 2.49. The molecule has 0 radical (unpaired) electrons. The van der Waals surface area contributed by atoms with E-state index in [1.807, 2.05) is 18.7 Å². The third-order valence-corrected chi connectivity index (χ3v) is 7.32. The molecule has 4 unspecified atom stereocenters. The van der Waals surface area contributed by atoms with Crippen LogP contribution in [-0.2, 0) is 15.6 Å². The maximum atomic E-state index is 12.5. The number of rotatable bonds is 2. The topological polar surface area (TPSA) is 37.4 Å². The molecule has 2 saturated carbocycles. The molecule has 1 amide bonds. The second-order valence-electron chi connectivity index (χ2n) is 7.26. The normalized spacial score (nSPS) is 40.6. The van der Waals surface area contributed by atoms with E-state index in [0.29, 0.717) is 30.7 Å². The number of fused-ring (bicyclic) bond motifs is 2. The van der Waals surface area contributed by atoms with Crippen molar-refractivity contribution in [2.24, 2.45) is 17.8 Å². The molecular weight excluding hydrogens is 258 g/mol. The van der Waals surface area contributed by atoms with Crippen LogP contribution in [0, 0.1) is 17.8 Å². The predicted octanol–water partition coefficient (Wildman–Crippen LogP) is 2.18. The van der Waals surface area contributed by atoms with Gasteiger partial charge >= 0.3 is 0 Å². The van der Waals surface area contributed by atoms with Crippen molar-refractivity contribution in [1.82, 2.24) is 4.90 Å². The Morgan fingerprint density at radius 2 is 2.11 bits per heavy atom. The molecule has 0 aromatic carbocycles.